The number of aromatic nitrogens is 3. The van der Waals surface area contributed by atoms with E-state index in [1.54, 1.807) is 19.6 Å². The van der Waals surface area contributed by atoms with E-state index in [9.17, 15) is 4.79 Å². The van der Waals surface area contributed by atoms with Gasteiger partial charge in [0.25, 0.3) is 5.56 Å². The zero-order valence-corrected chi connectivity index (χ0v) is 8.78. The number of pyridine rings is 1. The lowest BCUT2D eigenvalue weighted by molar-refractivity contribution is 0.845. The van der Waals surface area contributed by atoms with Crippen LogP contribution in [-0.2, 0) is 7.05 Å². The molecule has 4 nitrogen and oxygen atoms in total. The first-order valence-corrected chi connectivity index (χ1v) is 5.28. The van der Waals surface area contributed by atoms with Gasteiger partial charge in [0, 0.05) is 18.6 Å². The molecule has 0 unspecified atom stereocenters. The molecule has 0 amide bonds. The van der Waals surface area contributed by atoms with E-state index in [0.717, 1.165) is 15.7 Å². The van der Waals surface area contributed by atoms with Gasteiger partial charge < -0.3 is 4.57 Å². The van der Waals surface area contributed by atoms with Gasteiger partial charge in [0.1, 0.15) is 9.53 Å². The van der Waals surface area contributed by atoms with E-state index >= 15 is 0 Å². The lowest BCUT2D eigenvalue weighted by Gasteiger charge is -1.94. The molecule has 0 saturated carbocycles. The van der Waals surface area contributed by atoms with Gasteiger partial charge in [-0.1, -0.05) is 0 Å². The van der Waals surface area contributed by atoms with Gasteiger partial charge in [0.15, 0.2) is 0 Å². The molecule has 0 spiro atoms. The minimum atomic E-state index is -0.0111. The van der Waals surface area contributed by atoms with Gasteiger partial charge in [-0.25, -0.2) is 9.97 Å². The summed E-state index contributed by atoms with van der Waals surface area (Å²) in [6.07, 6.45) is 3.27. The molecule has 0 bridgehead atoms. The summed E-state index contributed by atoms with van der Waals surface area (Å²) in [4.78, 5) is 21.2. The van der Waals surface area contributed by atoms with Gasteiger partial charge >= 0.3 is 0 Å². The van der Waals surface area contributed by atoms with Crippen molar-refractivity contribution in [2.45, 2.75) is 0 Å². The van der Waals surface area contributed by atoms with Crippen LogP contribution in [0.5, 0.6) is 0 Å². The van der Waals surface area contributed by atoms with Crippen molar-refractivity contribution in [2.75, 3.05) is 0 Å². The van der Waals surface area contributed by atoms with Crippen molar-refractivity contribution in [3.05, 3.63) is 35.0 Å². The summed E-state index contributed by atoms with van der Waals surface area (Å²) in [5.74, 6) is 0. The Bertz CT molecular complexity index is 713. The van der Waals surface area contributed by atoms with Gasteiger partial charge in [0.05, 0.1) is 11.8 Å². The molecule has 15 heavy (non-hydrogen) atoms. The Kier molecular flexibility index (Phi) is 1.63. The fraction of sp³-hybridized carbons (Fsp3) is 0.100. The van der Waals surface area contributed by atoms with E-state index in [2.05, 4.69) is 9.97 Å². The topological polar surface area (TPSA) is 47.8 Å². The zero-order chi connectivity index (χ0) is 10.4. The Labute approximate surface area is 88.8 Å². The Morgan fingerprint density at radius 1 is 1.40 bits per heavy atom. The summed E-state index contributed by atoms with van der Waals surface area (Å²) >= 11 is 1.40. The van der Waals surface area contributed by atoms with Crippen molar-refractivity contribution in [3.63, 3.8) is 0 Å². The molecule has 5 heteroatoms. The molecule has 3 heterocycles. The first-order chi connectivity index (χ1) is 7.27. The van der Waals surface area contributed by atoms with Crippen molar-refractivity contribution in [1.29, 1.82) is 0 Å². The van der Waals surface area contributed by atoms with Crippen molar-refractivity contribution in [3.8, 4) is 0 Å². The smallest absolute Gasteiger partial charge is 0.271 e. The largest absolute Gasteiger partial charge is 0.301 e. The predicted octanol–water partition coefficient (Wildman–Crippen LogP) is 1.54. The first-order valence-electron chi connectivity index (χ1n) is 4.46. The number of aryl methyl sites for hydroxylation is 1. The second-order valence-corrected chi connectivity index (χ2v) is 4.30. The average Bonchev–Trinajstić information content (AvgIpc) is 2.63. The van der Waals surface area contributed by atoms with Crippen LogP contribution in [0, 0.1) is 0 Å². The van der Waals surface area contributed by atoms with E-state index in [1.807, 2.05) is 12.1 Å². The minimum absolute atomic E-state index is 0.0111. The molecular formula is C10H7N3OS. The number of hydrogen-bond donors (Lipinski definition) is 0. The Morgan fingerprint density at radius 3 is 3.13 bits per heavy atom. The number of fused-ring (bicyclic) bond motifs is 3. The summed E-state index contributed by atoms with van der Waals surface area (Å²) in [6.45, 7) is 0. The number of hydrogen-bond acceptors (Lipinski definition) is 4. The molecule has 0 aliphatic rings. The van der Waals surface area contributed by atoms with E-state index < -0.39 is 0 Å². The zero-order valence-electron chi connectivity index (χ0n) is 7.97. The summed E-state index contributed by atoms with van der Waals surface area (Å²) in [6, 6.07) is 3.79. The van der Waals surface area contributed by atoms with E-state index in [1.165, 1.54) is 15.9 Å². The lowest BCUT2D eigenvalue weighted by Crippen LogP contribution is -2.15. The molecule has 74 valence electrons. The molecule has 0 aromatic carbocycles. The van der Waals surface area contributed by atoms with E-state index in [4.69, 9.17) is 0 Å². The molecule has 0 aliphatic heterocycles. The molecule has 0 saturated heterocycles. The van der Waals surface area contributed by atoms with Crippen molar-refractivity contribution >= 4 is 31.8 Å². The summed E-state index contributed by atoms with van der Waals surface area (Å²) in [5.41, 5.74) is 0.745. The lowest BCUT2D eigenvalue weighted by atomic mass is 10.3. The van der Waals surface area contributed by atoms with Crippen molar-refractivity contribution < 1.29 is 0 Å². The Morgan fingerprint density at radius 2 is 2.27 bits per heavy atom. The maximum atomic E-state index is 11.8. The highest BCUT2D eigenvalue weighted by Crippen LogP contribution is 2.27. The third-order valence-electron chi connectivity index (χ3n) is 2.31. The molecule has 3 rings (SSSR count). The number of nitrogens with zero attached hydrogens (tertiary/aromatic N) is 3. The van der Waals surface area contributed by atoms with E-state index in [-0.39, 0.29) is 5.56 Å². The van der Waals surface area contributed by atoms with Gasteiger partial charge in [0.2, 0.25) is 0 Å². The third-order valence-corrected chi connectivity index (χ3v) is 3.41. The fourth-order valence-electron chi connectivity index (χ4n) is 1.55. The van der Waals surface area contributed by atoms with Crippen LogP contribution in [0.15, 0.2) is 29.5 Å². The molecule has 0 fully saturated rings. The first kappa shape index (κ1) is 8.55. The van der Waals surface area contributed by atoms with Crippen LogP contribution < -0.4 is 5.56 Å². The predicted molar refractivity (Wildman–Crippen MR) is 60.2 cm³/mol. The highest BCUT2D eigenvalue weighted by Gasteiger charge is 2.09. The SMILES string of the molecule is Cn1cnc2c(sc3ncccc32)c1=O. The Balaban J connectivity index is 2.66. The van der Waals surface area contributed by atoms with Crippen LogP contribution in [0.3, 0.4) is 0 Å². The molecule has 0 aliphatic carbocycles. The highest BCUT2D eigenvalue weighted by atomic mass is 32.1. The second-order valence-electron chi connectivity index (χ2n) is 3.30. The molecule has 0 atom stereocenters. The summed E-state index contributed by atoms with van der Waals surface area (Å²) < 4.78 is 2.16. The summed E-state index contributed by atoms with van der Waals surface area (Å²) in [5, 5.41) is 0.954. The van der Waals surface area contributed by atoms with E-state index in [0.29, 0.717) is 4.70 Å². The minimum Gasteiger partial charge on any atom is -0.301 e. The average molecular weight is 217 g/mol. The van der Waals surface area contributed by atoms with Gasteiger partial charge in [-0.3, -0.25) is 4.79 Å². The normalized spacial score (nSPS) is 11.3. The van der Waals surface area contributed by atoms with Crippen LogP contribution in [0.25, 0.3) is 20.4 Å². The second kappa shape index (κ2) is 2.87. The molecule has 0 radical (unpaired) electrons. The van der Waals surface area contributed by atoms with Crippen LogP contribution in [0.1, 0.15) is 0 Å². The molecular weight excluding hydrogens is 210 g/mol. The molecule has 3 aromatic heterocycles. The number of rotatable bonds is 0. The van der Waals surface area contributed by atoms with Gasteiger partial charge in [-0.2, -0.15) is 0 Å². The maximum Gasteiger partial charge on any atom is 0.271 e. The van der Waals surface area contributed by atoms with Crippen LogP contribution >= 0.6 is 11.3 Å². The maximum absolute atomic E-state index is 11.8. The quantitative estimate of drug-likeness (QED) is 0.574. The van der Waals surface area contributed by atoms with Crippen LogP contribution in [0.4, 0.5) is 0 Å². The fourth-order valence-corrected chi connectivity index (χ4v) is 2.62. The van der Waals surface area contributed by atoms with Crippen molar-refractivity contribution in [2.24, 2.45) is 7.05 Å². The standard InChI is InChI=1S/C10H7N3OS/c1-13-5-12-7-6-3-2-4-11-9(6)15-8(7)10(13)14/h2-5H,1H3. The number of thiophene rings is 1. The van der Waals surface area contributed by atoms with Crippen LogP contribution in [-0.4, -0.2) is 14.5 Å². The summed E-state index contributed by atoms with van der Waals surface area (Å²) in [7, 11) is 1.70. The molecule has 3 aromatic rings. The molecule has 0 N–H and O–H groups in total. The van der Waals surface area contributed by atoms with Gasteiger partial charge in [-0.15, -0.1) is 11.3 Å². The third kappa shape index (κ3) is 1.10. The monoisotopic (exact) mass is 217 g/mol. The Hall–Kier alpha value is -1.75. The van der Waals surface area contributed by atoms with Crippen LogP contribution in [0.2, 0.25) is 0 Å². The van der Waals surface area contributed by atoms with Gasteiger partial charge in [-0.05, 0) is 12.1 Å². The highest BCUT2D eigenvalue weighted by molar-refractivity contribution is 7.25. The van der Waals surface area contributed by atoms with Crippen molar-refractivity contribution in [1.82, 2.24) is 14.5 Å².